The number of rotatable bonds is 2. The lowest BCUT2D eigenvalue weighted by Gasteiger charge is -2.62. The maximum atomic E-state index is 14.3. The van der Waals surface area contributed by atoms with Gasteiger partial charge in [-0.25, -0.2) is 0 Å². The van der Waals surface area contributed by atoms with Gasteiger partial charge < -0.3 is 8.84 Å². The standard InChI is InChI=1S/C31H50O3Si/c1-27(2,3)35(9,10)34-21-18-23-30(7)16-12-22-28(4,5)14-11-15-29(22,6)24(30)19-31(23,8)26(32)25-20(21)13-17-33-25/h13,17,21-24H,11-12,14-16,18-19H2,1-10H3/t21-,22+,23+,24-,29+,30+,31+/m1/s1. The summed E-state index contributed by atoms with van der Waals surface area (Å²) in [6.45, 7) is 24.1. The van der Waals surface area contributed by atoms with E-state index in [0.717, 1.165) is 24.3 Å². The van der Waals surface area contributed by atoms with E-state index in [2.05, 4.69) is 68.5 Å². The average Bonchev–Trinajstić information content (AvgIpc) is 3.27. The summed E-state index contributed by atoms with van der Waals surface area (Å²) in [5.74, 6) is 2.49. The van der Waals surface area contributed by atoms with Gasteiger partial charge in [-0.3, -0.25) is 4.79 Å². The van der Waals surface area contributed by atoms with Crippen LogP contribution in [-0.4, -0.2) is 14.1 Å². The molecule has 0 aromatic carbocycles. The van der Waals surface area contributed by atoms with Crippen LogP contribution in [0.15, 0.2) is 16.7 Å². The number of carbonyl (C=O) groups excluding carboxylic acids is 1. The van der Waals surface area contributed by atoms with Gasteiger partial charge in [-0.15, -0.1) is 0 Å². The molecule has 0 unspecified atom stereocenters. The minimum absolute atomic E-state index is 0.0516. The molecular weight excluding hydrogens is 448 g/mol. The fourth-order valence-electron chi connectivity index (χ4n) is 9.65. The molecule has 0 saturated heterocycles. The summed E-state index contributed by atoms with van der Waals surface area (Å²) in [5, 5.41) is 0.123. The molecule has 5 rings (SSSR count). The highest BCUT2D eigenvalue weighted by atomic mass is 28.4. The summed E-state index contributed by atoms with van der Waals surface area (Å²) in [4.78, 5) is 14.3. The first-order chi connectivity index (χ1) is 16.0. The molecule has 1 aromatic heterocycles. The highest BCUT2D eigenvalue weighted by molar-refractivity contribution is 6.74. The lowest BCUT2D eigenvalue weighted by Crippen LogP contribution is -2.54. The quantitative estimate of drug-likeness (QED) is 0.381. The van der Waals surface area contributed by atoms with Crippen LogP contribution in [0.1, 0.15) is 123 Å². The van der Waals surface area contributed by atoms with Crippen LogP contribution in [0.3, 0.4) is 0 Å². The number of ketones is 1. The number of carbonyl (C=O) groups is 1. The third-order valence-corrected chi connectivity index (χ3v) is 17.0. The molecule has 7 atom stereocenters. The molecule has 1 heterocycles. The van der Waals surface area contributed by atoms with Gasteiger partial charge in [-0.2, -0.15) is 0 Å². The van der Waals surface area contributed by atoms with E-state index in [0.29, 0.717) is 28.4 Å². The van der Waals surface area contributed by atoms with E-state index in [1.807, 2.05) is 6.07 Å². The van der Waals surface area contributed by atoms with Gasteiger partial charge in [0.25, 0.3) is 0 Å². The predicted molar refractivity (Wildman–Crippen MR) is 145 cm³/mol. The maximum absolute atomic E-state index is 14.3. The zero-order chi connectivity index (χ0) is 25.8. The SMILES string of the molecule is CC1(C)CCC[C@]2(C)[C@H]3C[C@]4(C)C(=O)c5occc5[C@H](O[Si](C)(C)C(C)(C)C)C[C@H]4[C@]3(C)CC[C@@H]12. The summed E-state index contributed by atoms with van der Waals surface area (Å²) in [6.07, 6.45) is 10.1. The molecule has 0 aliphatic heterocycles. The molecule has 0 spiro atoms. The Morgan fingerprint density at radius 2 is 1.63 bits per heavy atom. The van der Waals surface area contributed by atoms with Gasteiger partial charge in [0.05, 0.1) is 12.4 Å². The van der Waals surface area contributed by atoms with Crippen molar-refractivity contribution in [2.24, 2.45) is 39.4 Å². The second-order valence-electron chi connectivity index (χ2n) is 15.8. The van der Waals surface area contributed by atoms with Crippen LogP contribution in [0, 0.1) is 39.4 Å². The number of hydrogen-bond acceptors (Lipinski definition) is 3. The zero-order valence-electron chi connectivity index (χ0n) is 24.1. The molecule has 4 aliphatic carbocycles. The molecular formula is C31H50O3Si. The number of Topliss-reactive ketones (excluding diaryl/α,β-unsaturated/α-hetero) is 1. The van der Waals surface area contributed by atoms with Gasteiger partial charge in [0.1, 0.15) is 0 Å². The number of furan rings is 1. The molecule has 0 radical (unpaired) electrons. The third kappa shape index (κ3) is 3.47. The Labute approximate surface area is 215 Å². The van der Waals surface area contributed by atoms with E-state index >= 15 is 0 Å². The van der Waals surface area contributed by atoms with Gasteiger partial charge in [-0.1, -0.05) is 61.8 Å². The van der Waals surface area contributed by atoms with Crippen LogP contribution >= 0.6 is 0 Å². The average molecular weight is 499 g/mol. The van der Waals surface area contributed by atoms with Crippen molar-refractivity contribution < 1.29 is 13.6 Å². The van der Waals surface area contributed by atoms with E-state index < -0.39 is 8.32 Å². The Hall–Kier alpha value is -0.873. The first-order valence-electron chi connectivity index (χ1n) is 14.3. The van der Waals surface area contributed by atoms with Crippen LogP contribution < -0.4 is 0 Å². The van der Waals surface area contributed by atoms with Gasteiger partial charge in [0.2, 0.25) is 5.78 Å². The number of hydrogen-bond donors (Lipinski definition) is 0. The summed E-state index contributed by atoms with van der Waals surface area (Å²) in [7, 11) is -2.03. The molecule has 196 valence electrons. The lowest BCUT2D eigenvalue weighted by atomic mass is 9.43. The van der Waals surface area contributed by atoms with E-state index in [-0.39, 0.29) is 27.8 Å². The maximum Gasteiger partial charge on any atom is 0.204 e. The van der Waals surface area contributed by atoms with Crippen LogP contribution in [0.2, 0.25) is 18.1 Å². The normalized spacial score (nSPS) is 43.1. The highest BCUT2D eigenvalue weighted by Gasteiger charge is 2.70. The predicted octanol–water partition coefficient (Wildman–Crippen LogP) is 9.20. The Bertz CT molecular complexity index is 1010. The minimum Gasteiger partial charge on any atom is -0.461 e. The molecule has 35 heavy (non-hydrogen) atoms. The monoisotopic (exact) mass is 498 g/mol. The topological polar surface area (TPSA) is 39.4 Å². The van der Waals surface area contributed by atoms with E-state index in [1.54, 1.807) is 6.26 Å². The van der Waals surface area contributed by atoms with E-state index in [4.69, 9.17) is 8.84 Å². The molecule has 0 N–H and O–H groups in total. The highest BCUT2D eigenvalue weighted by Crippen LogP contribution is 2.75. The fraction of sp³-hybridized carbons (Fsp3) is 0.839. The zero-order valence-corrected chi connectivity index (χ0v) is 25.1. The molecule has 3 nitrogen and oxygen atoms in total. The smallest absolute Gasteiger partial charge is 0.204 e. The molecule has 4 heteroatoms. The first kappa shape index (κ1) is 25.8. The Morgan fingerprint density at radius 3 is 2.29 bits per heavy atom. The second-order valence-corrected chi connectivity index (χ2v) is 20.6. The largest absolute Gasteiger partial charge is 0.461 e. The fourth-order valence-corrected chi connectivity index (χ4v) is 10.9. The van der Waals surface area contributed by atoms with Crippen molar-refractivity contribution >= 4 is 14.1 Å². The molecule has 4 aliphatic rings. The van der Waals surface area contributed by atoms with Crippen molar-refractivity contribution in [1.29, 1.82) is 0 Å². The Morgan fingerprint density at radius 1 is 0.971 bits per heavy atom. The van der Waals surface area contributed by atoms with Crippen molar-refractivity contribution in [3.05, 3.63) is 23.7 Å². The van der Waals surface area contributed by atoms with Gasteiger partial charge in [0.15, 0.2) is 14.1 Å². The second kappa shape index (κ2) is 7.59. The Balaban J connectivity index is 1.59. The van der Waals surface area contributed by atoms with Gasteiger partial charge in [-0.05, 0) is 96.7 Å². The van der Waals surface area contributed by atoms with E-state index in [1.165, 1.54) is 32.1 Å². The molecule has 3 fully saturated rings. The lowest BCUT2D eigenvalue weighted by molar-refractivity contribution is -0.128. The first-order valence-corrected chi connectivity index (χ1v) is 17.2. The van der Waals surface area contributed by atoms with Crippen LogP contribution in [-0.2, 0) is 4.43 Å². The van der Waals surface area contributed by atoms with Crippen molar-refractivity contribution in [2.45, 2.75) is 125 Å². The van der Waals surface area contributed by atoms with Crippen molar-refractivity contribution in [3.63, 3.8) is 0 Å². The van der Waals surface area contributed by atoms with E-state index in [9.17, 15) is 4.79 Å². The van der Waals surface area contributed by atoms with Crippen LogP contribution in [0.5, 0.6) is 0 Å². The summed E-state index contributed by atoms with van der Waals surface area (Å²) in [5.41, 5.74) is 1.51. The minimum atomic E-state index is -2.03. The summed E-state index contributed by atoms with van der Waals surface area (Å²) < 4.78 is 13.1. The summed E-state index contributed by atoms with van der Waals surface area (Å²) >= 11 is 0. The third-order valence-electron chi connectivity index (χ3n) is 12.5. The molecule has 1 aromatic rings. The molecule has 0 bridgehead atoms. The molecule has 0 amide bonds. The van der Waals surface area contributed by atoms with Crippen molar-refractivity contribution in [2.75, 3.05) is 0 Å². The van der Waals surface area contributed by atoms with Crippen LogP contribution in [0.4, 0.5) is 0 Å². The summed E-state index contributed by atoms with van der Waals surface area (Å²) in [6, 6.07) is 2.02. The Kier molecular flexibility index (Phi) is 5.59. The van der Waals surface area contributed by atoms with Gasteiger partial charge in [0, 0.05) is 11.0 Å². The molecule has 3 saturated carbocycles. The van der Waals surface area contributed by atoms with Gasteiger partial charge >= 0.3 is 0 Å². The van der Waals surface area contributed by atoms with Crippen molar-refractivity contribution in [1.82, 2.24) is 0 Å². The van der Waals surface area contributed by atoms with Crippen LogP contribution in [0.25, 0.3) is 0 Å². The van der Waals surface area contributed by atoms with Crippen molar-refractivity contribution in [3.8, 4) is 0 Å². The number of fused-ring (bicyclic) bond motifs is 6.